The van der Waals surface area contributed by atoms with E-state index in [0.717, 1.165) is 115 Å². The van der Waals surface area contributed by atoms with E-state index in [0.29, 0.717) is 5.95 Å². The summed E-state index contributed by atoms with van der Waals surface area (Å²) in [6, 6.07) is 78.3. The molecule has 0 N–H and O–H groups in total. The van der Waals surface area contributed by atoms with Crippen LogP contribution in [0.2, 0.25) is 0 Å². The highest BCUT2D eigenvalue weighted by atomic mass is 32.1. The third-order valence-corrected chi connectivity index (χ3v) is 15.0. The fourth-order valence-electron chi connectivity index (χ4n) is 10.9. The molecule has 4 nitrogen and oxygen atoms in total. The summed E-state index contributed by atoms with van der Waals surface area (Å²) in [5.74, 6) is 0.573. The van der Waals surface area contributed by atoms with Gasteiger partial charge in [0, 0.05) is 68.8 Å². The monoisotopic (exact) mass is 867 g/mol. The average Bonchev–Trinajstić information content (AvgIpc) is 4.08. The van der Waals surface area contributed by atoms with Crippen molar-refractivity contribution in [2.24, 2.45) is 0 Å². The molecule has 0 bridgehead atoms. The highest BCUT2D eigenvalue weighted by Crippen LogP contribution is 2.47. The first kappa shape index (κ1) is 36.5. The van der Waals surface area contributed by atoms with Crippen molar-refractivity contribution in [2.75, 3.05) is 0 Å². The van der Waals surface area contributed by atoms with E-state index in [1.54, 1.807) is 0 Å². The number of hydrogen-bond donors (Lipinski definition) is 0. The van der Waals surface area contributed by atoms with Crippen LogP contribution >= 0.6 is 11.3 Å². The van der Waals surface area contributed by atoms with E-state index in [1.165, 1.54) is 25.6 Å². The molecular formula is C62H33N3OS. The van der Waals surface area contributed by atoms with Crippen molar-refractivity contribution >= 4 is 118 Å². The molecule has 0 amide bonds. The molecule has 0 unspecified atom stereocenters. The molecule has 67 heavy (non-hydrogen) atoms. The molecule has 0 spiro atoms. The van der Waals surface area contributed by atoms with Crippen molar-refractivity contribution in [3.05, 3.63) is 212 Å². The van der Waals surface area contributed by atoms with Crippen LogP contribution in [0.25, 0.3) is 147 Å². The molecular weight excluding hydrogens is 835 g/mol. The summed E-state index contributed by atoms with van der Waals surface area (Å²) in [6.07, 6.45) is 0. The lowest BCUT2D eigenvalue weighted by Gasteiger charge is -2.16. The molecule has 5 heteroatoms. The number of thiophene rings is 1. The van der Waals surface area contributed by atoms with Gasteiger partial charge in [0.15, 0.2) is 5.58 Å². The van der Waals surface area contributed by atoms with Gasteiger partial charge in [0.05, 0.1) is 16.7 Å². The van der Waals surface area contributed by atoms with E-state index in [9.17, 15) is 0 Å². The minimum atomic E-state index is 0.573. The largest absolute Gasteiger partial charge is 0.454 e. The standard InChI is InChI=1S/C62H33N3OS/c1-2-15-36(16-3-1)37-17-14-18-40(33-37)58-57-44-22-6-4-19-41(44)42-20-5-9-25-47(42)59(57)64-62(63-58)65-51-27-12-10-26-48(51)55-45-23-7-8-24-46(45)56-49-31-29-39(35-52(49)66-61(56)60(55)65)38-30-32-54-50(34-38)43-21-11-13-28-53(43)67-54/h1-7,9-23,25-35H. The molecule has 15 aromatic rings. The van der Waals surface area contributed by atoms with Crippen molar-refractivity contribution in [3.8, 4) is 39.5 Å². The van der Waals surface area contributed by atoms with E-state index in [-0.39, 0.29) is 0 Å². The van der Waals surface area contributed by atoms with Crippen molar-refractivity contribution in [2.45, 2.75) is 0 Å². The Kier molecular flexibility index (Phi) is 7.54. The lowest BCUT2D eigenvalue weighted by molar-refractivity contribution is 0.671. The number of para-hydroxylation sites is 1. The Morgan fingerprint density at radius 1 is 0.433 bits per heavy atom. The Labute approximate surface area is 387 Å². The molecule has 0 saturated heterocycles. The zero-order chi connectivity index (χ0) is 43.7. The topological polar surface area (TPSA) is 43.9 Å². The van der Waals surface area contributed by atoms with Crippen molar-refractivity contribution in [1.29, 1.82) is 0 Å². The normalized spacial score (nSPS) is 12.1. The Hall–Kier alpha value is -8.82. The molecule has 0 aliphatic carbocycles. The van der Waals surface area contributed by atoms with Crippen LogP contribution < -0.4 is 0 Å². The van der Waals surface area contributed by atoms with Crippen LogP contribution in [-0.4, -0.2) is 14.5 Å². The second kappa shape index (κ2) is 13.8. The molecule has 0 saturated carbocycles. The summed E-state index contributed by atoms with van der Waals surface area (Å²) >= 11 is 1.84. The van der Waals surface area contributed by atoms with Gasteiger partial charge in [0.25, 0.3) is 0 Å². The molecule has 0 fully saturated rings. The zero-order valence-corrected chi connectivity index (χ0v) is 36.5. The Morgan fingerprint density at radius 3 is 1.99 bits per heavy atom. The maximum atomic E-state index is 7.26. The summed E-state index contributed by atoms with van der Waals surface area (Å²) < 4.78 is 12.1. The third-order valence-electron chi connectivity index (χ3n) is 13.8. The molecule has 0 aliphatic rings. The van der Waals surface area contributed by atoms with Gasteiger partial charge in [-0.15, -0.1) is 11.3 Å². The zero-order valence-electron chi connectivity index (χ0n) is 35.7. The molecule has 4 heterocycles. The van der Waals surface area contributed by atoms with E-state index in [1.807, 2.05) is 17.4 Å². The molecule has 15 rings (SSSR count). The predicted molar refractivity (Wildman–Crippen MR) is 281 cm³/mol. The van der Waals surface area contributed by atoms with Gasteiger partial charge in [-0.05, 0) is 93.0 Å². The Morgan fingerprint density at radius 2 is 1.10 bits per heavy atom. The second-order valence-corrected chi connectivity index (χ2v) is 18.5. The van der Waals surface area contributed by atoms with Crippen LogP contribution in [0.15, 0.2) is 205 Å². The fourth-order valence-corrected chi connectivity index (χ4v) is 12.0. The fraction of sp³-hybridized carbons (Fsp3) is 0. The van der Waals surface area contributed by atoms with Crippen LogP contribution in [0, 0.1) is 12.1 Å². The van der Waals surface area contributed by atoms with Gasteiger partial charge in [-0.25, -0.2) is 9.97 Å². The van der Waals surface area contributed by atoms with Gasteiger partial charge in [-0.2, -0.15) is 0 Å². The van der Waals surface area contributed by atoms with E-state index >= 15 is 0 Å². The molecule has 0 aliphatic heterocycles. The minimum absolute atomic E-state index is 0.573. The van der Waals surface area contributed by atoms with E-state index < -0.39 is 0 Å². The van der Waals surface area contributed by atoms with Crippen molar-refractivity contribution in [3.63, 3.8) is 0 Å². The predicted octanol–water partition coefficient (Wildman–Crippen LogP) is 17.1. The average molecular weight is 868 g/mol. The van der Waals surface area contributed by atoms with Crippen molar-refractivity contribution < 1.29 is 4.42 Å². The van der Waals surface area contributed by atoms with Gasteiger partial charge >= 0.3 is 0 Å². The van der Waals surface area contributed by atoms with Crippen LogP contribution in [-0.2, 0) is 0 Å². The second-order valence-electron chi connectivity index (χ2n) is 17.4. The smallest absolute Gasteiger partial charge is 0.235 e. The molecule has 0 radical (unpaired) electrons. The quantitative estimate of drug-likeness (QED) is 0.166. The summed E-state index contributed by atoms with van der Waals surface area (Å²) in [5.41, 5.74) is 10.8. The maximum Gasteiger partial charge on any atom is 0.235 e. The molecule has 11 aromatic carbocycles. The summed E-state index contributed by atoms with van der Waals surface area (Å²) in [7, 11) is 0. The Bertz CT molecular complexity index is 4580. The van der Waals surface area contributed by atoms with Crippen LogP contribution in [0.5, 0.6) is 0 Å². The van der Waals surface area contributed by atoms with Crippen LogP contribution in [0.1, 0.15) is 0 Å². The van der Waals surface area contributed by atoms with Gasteiger partial charge in [-0.1, -0.05) is 158 Å². The van der Waals surface area contributed by atoms with Gasteiger partial charge < -0.3 is 4.42 Å². The van der Waals surface area contributed by atoms with Gasteiger partial charge in [0.1, 0.15) is 11.1 Å². The van der Waals surface area contributed by atoms with E-state index in [2.05, 4.69) is 211 Å². The molecule has 4 aromatic heterocycles. The molecule has 308 valence electrons. The highest BCUT2D eigenvalue weighted by Gasteiger charge is 2.26. The lowest BCUT2D eigenvalue weighted by Crippen LogP contribution is -2.04. The highest BCUT2D eigenvalue weighted by molar-refractivity contribution is 7.25. The SMILES string of the molecule is c1ccc2c(c#1)c1c3ccc(-c4ccc5sc6ccccc6c5c4)cc3oc1c1c2c2ccccc2n1-c1nc(-c2cccc(-c3ccccc3)c2)c2c3ccccc3c3ccccc3c2n1. The number of nitrogens with zero attached hydrogens (tertiary/aromatic N) is 3. The first-order valence-corrected chi connectivity index (χ1v) is 23.4. The van der Waals surface area contributed by atoms with Crippen LogP contribution in [0.4, 0.5) is 0 Å². The molecule has 0 atom stereocenters. The number of benzene rings is 10. The summed E-state index contributed by atoms with van der Waals surface area (Å²) in [4.78, 5) is 11.4. The van der Waals surface area contributed by atoms with Gasteiger partial charge in [0.2, 0.25) is 5.95 Å². The lowest BCUT2D eigenvalue weighted by atomic mass is 9.93. The first-order chi connectivity index (χ1) is 33.2. The van der Waals surface area contributed by atoms with E-state index in [4.69, 9.17) is 14.4 Å². The Balaban J connectivity index is 1.06. The summed E-state index contributed by atoms with van der Waals surface area (Å²) in [6.45, 7) is 0. The number of furan rings is 1. The number of aromatic nitrogens is 3. The number of fused-ring (bicyclic) bond motifs is 19. The minimum Gasteiger partial charge on any atom is -0.454 e. The van der Waals surface area contributed by atoms with Crippen molar-refractivity contribution in [1.82, 2.24) is 14.5 Å². The van der Waals surface area contributed by atoms with Crippen LogP contribution in [0.3, 0.4) is 0 Å². The first-order valence-electron chi connectivity index (χ1n) is 22.6. The number of rotatable bonds is 4. The maximum absolute atomic E-state index is 7.26. The summed E-state index contributed by atoms with van der Waals surface area (Å²) in [5, 5.41) is 14.3. The number of hydrogen-bond acceptors (Lipinski definition) is 4. The van der Waals surface area contributed by atoms with Gasteiger partial charge in [-0.3, -0.25) is 4.57 Å². The third kappa shape index (κ3) is 5.25.